The van der Waals surface area contributed by atoms with Crippen LogP contribution in [-0.2, 0) is 0 Å². The van der Waals surface area contributed by atoms with Crippen LogP contribution in [0, 0.1) is 0 Å². The Bertz CT molecular complexity index is 1240. The molecule has 2 aromatic carbocycles. The lowest BCUT2D eigenvalue weighted by atomic mass is 10.1. The fourth-order valence-corrected chi connectivity index (χ4v) is 2.64. The zero-order valence-electron chi connectivity index (χ0n) is 12.9. The number of aliphatic hydroxyl groups is 1. The Hall–Kier alpha value is -3.67. The maximum atomic E-state index is 12.3. The molecule has 25 heavy (non-hydrogen) atoms. The second kappa shape index (κ2) is 5.76. The van der Waals surface area contributed by atoms with Crippen LogP contribution in [0.2, 0.25) is 0 Å². The normalized spacial score (nSPS) is 11.9. The van der Waals surface area contributed by atoms with E-state index < -0.39 is 11.2 Å². The molecule has 2 N–H and O–H groups in total. The topological polar surface area (TPSA) is 96.2 Å². The third kappa shape index (κ3) is 2.59. The standard InChI is InChI=1S/C19H12N2O4/c22-14(11-6-2-1-3-7-11)10-13-18(23)21-16-12-8-4-5-9-15(12)25-19(24)17(16)20-13/h1-10,22H,(H,21,23)/b14-10+. The van der Waals surface area contributed by atoms with Crippen LogP contribution in [0.1, 0.15) is 11.3 Å². The SMILES string of the molecule is O=c1[nH]c2c(nc1/C=C(/O)c1ccccc1)c(=O)oc1ccccc12. The Morgan fingerprint density at radius 3 is 2.56 bits per heavy atom. The molecule has 0 fully saturated rings. The molecule has 6 heteroatoms. The molecule has 6 nitrogen and oxygen atoms in total. The van der Waals surface area contributed by atoms with Gasteiger partial charge in [-0.1, -0.05) is 42.5 Å². The molecule has 4 rings (SSSR count). The van der Waals surface area contributed by atoms with E-state index in [0.29, 0.717) is 22.0 Å². The van der Waals surface area contributed by atoms with E-state index in [1.165, 1.54) is 6.08 Å². The third-order valence-electron chi connectivity index (χ3n) is 3.84. The van der Waals surface area contributed by atoms with Crippen LogP contribution in [0.15, 0.2) is 68.6 Å². The van der Waals surface area contributed by atoms with Crippen molar-refractivity contribution in [3.05, 3.63) is 86.6 Å². The summed E-state index contributed by atoms with van der Waals surface area (Å²) in [7, 11) is 0. The smallest absolute Gasteiger partial charge is 0.364 e. The lowest BCUT2D eigenvalue weighted by Crippen LogP contribution is -2.16. The Morgan fingerprint density at radius 1 is 1.04 bits per heavy atom. The van der Waals surface area contributed by atoms with Crippen LogP contribution in [0.25, 0.3) is 33.8 Å². The summed E-state index contributed by atoms with van der Waals surface area (Å²) in [6.07, 6.45) is 1.22. The van der Waals surface area contributed by atoms with Crippen LogP contribution < -0.4 is 11.2 Å². The molecule has 0 amide bonds. The molecule has 0 aliphatic heterocycles. The summed E-state index contributed by atoms with van der Waals surface area (Å²) in [6, 6.07) is 15.6. The minimum Gasteiger partial charge on any atom is -0.507 e. The van der Waals surface area contributed by atoms with Gasteiger partial charge in [-0.2, -0.15) is 0 Å². The molecular weight excluding hydrogens is 320 g/mol. The number of aromatic amines is 1. The highest BCUT2D eigenvalue weighted by atomic mass is 16.4. The van der Waals surface area contributed by atoms with Crippen LogP contribution in [0.4, 0.5) is 0 Å². The summed E-state index contributed by atoms with van der Waals surface area (Å²) >= 11 is 0. The summed E-state index contributed by atoms with van der Waals surface area (Å²) in [6.45, 7) is 0. The number of hydrogen-bond donors (Lipinski definition) is 2. The van der Waals surface area contributed by atoms with E-state index in [1.54, 1.807) is 48.5 Å². The number of aromatic nitrogens is 2. The van der Waals surface area contributed by atoms with Crippen LogP contribution in [-0.4, -0.2) is 15.1 Å². The Kier molecular flexibility index (Phi) is 3.43. The van der Waals surface area contributed by atoms with E-state index >= 15 is 0 Å². The van der Waals surface area contributed by atoms with E-state index in [9.17, 15) is 14.7 Å². The van der Waals surface area contributed by atoms with Crippen LogP contribution in [0.5, 0.6) is 0 Å². The first-order valence-corrected chi connectivity index (χ1v) is 7.55. The van der Waals surface area contributed by atoms with Crippen molar-refractivity contribution in [1.82, 2.24) is 9.97 Å². The van der Waals surface area contributed by atoms with Gasteiger partial charge in [0.25, 0.3) is 5.56 Å². The predicted molar refractivity (Wildman–Crippen MR) is 95.3 cm³/mol. The van der Waals surface area contributed by atoms with E-state index in [4.69, 9.17) is 4.42 Å². The molecule has 0 aliphatic rings. The van der Waals surface area contributed by atoms with Crippen molar-refractivity contribution >= 4 is 33.8 Å². The van der Waals surface area contributed by atoms with Crippen molar-refractivity contribution < 1.29 is 9.52 Å². The number of nitrogens with zero attached hydrogens (tertiary/aromatic N) is 1. The van der Waals surface area contributed by atoms with E-state index in [-0.39, 0.29) is 17.0 Å². The highest BCUT2D eigenvalue weighted by Gasteiger charge is 2.12. The molecular formula is C19H12N2O4. The molecule has 2 aromatic heterocycles. The number of para-hydroxylation sites is 1. The minimum absolute atomic E-state index is 0.00501. The van der Waals surface area contributed by atoms with Crippen molar-refractivity contribution in [2.75, 3.05) is 0 Å². The molecule has 0 atom stereocenters. The molecule has 0 radical (unpaired) electrons. The van der Waals surface area contributed by atoms with Gasteiger partial charge in [0.1, 0.15) is 17.0 Å². The van der Waals surface area contributed by atoms with Crippen molar-refractivity contribution in [3.63, 3.8) is 0 Å². The van der Waals surface area contributed by atoms with Gasteiger partial charge in [0.05, 0.1) is 5.52 Å². The average Bonchev–Trinajstić information content (AvgIpc) is 2.63. The highest BCUT2D eigenvalue weighted by Crippen LogP contribution is 2.19. The summed E-state index contributed by atoms with van der Waals surface area (Å²) in [5, 5.41) is 10.8. The molecule has 0 saturated heterocycles. The number of rotatable bonds is 2. The molecule has 0 aliphatic carbocycles. The van der Waals surface area contributed by atoms with Gasteiger partial charge >= 0.3 is 5.63 Å². The van der Waals surface area contributed by atoms with Gasteiger partial charge in [-0.05, 0) is 12.1 Å². The van der Waals surface area contributed by atoms with E-state index in [2.05, 4.69) is 9.97 Å². The van der Waals surface area contributed by atoms with Crippen LogP contribution >= 0.6 is 0 Å². The third-order valence-corrected chi connectivity index (χ3v) is 3.84. The maximum absolute atomic E-state index is 12.3. The monoisotopic (exact) mass is 332 g/mol. The van der Waals surface area contributed by atoms with Gasteiger partial charge in [-0.15, -0.1) is 0 Å². The second-order valence-corrected chi connectivity index (χ2v) is 5.46. The molecule has 0 spiro atoms. The average molecular weight is 332 g/mol. The zero-order valence-corrected chi connectivity index (χ0v) is 12.9. The van der Waals surface area contributed by atoms with Crippen molar-refractivity contribution in [2.45, 2.75) is 0 Å². The van der Waals surface area contributed by atoms with Gasteiger partial charge < -0.3 is 14.5 Å². The number of benzene rings is 2. The number of aliphatic hydroxyl groups excluding tert-OH is 1. The van der Waals surface area contributed by atoms with Gasteiger partial charge in [0, 0.05) is 17.0 Å². The van der Waals surface area contributed by atoms with E-state index in [0.717, 1.165) is 0 Å². The van der Waals surface area contributed by atoms with Crippen LogP contribution in [0.3, 0.4) is 0 Å². The summed E-state index contributed by atoms with van der Waals surface area (Å²) in [5.74, 6) is -0.122. The number of nitrogens with one attached hydrogen (secondary N) is 1. The van der Waals surface area contributed by atoms with Gasteiger partial charge in [0.15, 0.2) is 5.52 Å². The fourth-order valence-electron chi connectivity index (χ4n) is 2.64. The summed E-state index contributed by atoms with van der Waals surface area (Å²) in [5.41, 5.74) is -0.0122. The van der Waals surface area contributed by atoms with Crippen molar-refractivity contribution in [3.8, 4) is 0 Å². The number of hydrogen-bond acceptors (Lipinski definition) is 5. The molecule has 0 bridgehead atoms. The predicted octanol–water partition coefficient (Wildman–Crippen LogP) is 3.09. The van der Waals surface area contributed by atoms with Gasteiger partial charge in [-0.3, -0.25) is 4.79 Å². The molecule has 2 heterocycles. The number of H-pyrrole nitrogens is 1. The lowest BCUT2D eigenvalue weighted by molar-refractivity contribution is 0.515. The minimum atomic E-state index is -0.654. The molecule has 122 valence electrons. The largest absolute Gasteiger partial charge is 0.507 e. The Labute approximate surface area is 140 Å². The van der Waals surface area contributed by atoms with E-state index in [1.807, 2.05) is 6.07 Å². The van der Waals surface area contributed by atoms with Gasteiger partial charge in [-0.25, -0.2) is 9.78 Å². The zero-order chi connectivity index (χ0) is 17.4. The second-order valence-electron chi connectivity index (χ2n) is 5.46. The van der Waals surface area contributed by atoms with Gasteiger partial charge in [0.2, 0.25) is 0 Å². The first-order chi connectivity index (χ1) is 12.1. The Morgan fingerprint density at radius 2 is 1.76 bits per heavy atom. The molecule has 4 aromatic rings. The fraction of sp³-hybridized carbons (Fsp3) is 0. The number of fused-ring (bicyclic) bond motifs is 3. The maximum Gasteiger partial charge on any atom is 0.364 e. The molecule has 0 unspecified atom stereocenters. The highest BCUT2D eigenvalue weighted by molar-refractivity contribution is 6.00. The first kappa shape index (κ1) is 14.9. The lowest BCUT2D eigenvalue weighted by Gasteiger charge is -2.03. The quantitative estimate of drug-likeness (QED) is 0.334. The molecule has 0 saturated carbocycles. The summed E-state index contributed by atoms with van der Waals surface area (Å²) < 4.78 is 5.24. The van der Waals surface area contributed by atoms with Crippen molar-refractivity contribution in [2.24, 2.45) is 0 Å². The Balaban J connectivity index is 1.97. The summed E-state index contributed by atoms with van der Waals surface area (Å²) in [4.78, 5) is 31.3. The van der Waals surface area contributed by atoms with Crippen molar-refractivity contribution in [1.29, 1.82) is 0 Å². The first-order valence-electron chi connectivity index (χ1n) is 7.55.